The molecule has 6 heteroatoms. The van der Waals surface area contributed by atoms with Gasteiger partial charge in [-0.15, -0.1) is 11.3 Å². The van der Waals surface area contributed by atoms with Crippen LogP contribution in [0.15, 0.2) is 29.9 Å². The molecule has 2 aromatic rings. The molecule has 0 fully saturated rings. The van der Waals surface area contributed by atoms with Crippen molar-refractivity contribution in [1.82, 2.24) is 20.4 Å². The molecule has 1 amide bonds. The highest BCUT2D eigenvalue weighted by Crippen LogP contribution is 2.17. The van der Waals surface area contributed by atoms with E-state index in [1.54, 1.807) is 11.3 Å². The summed E-state index contributed by atoms with van der Waals surface area (Å²) in [7, 11) is 0. The molecule has 5 nitrogen and oxygen atoms in total. The van der Waals surface area contributed by atoms with E-state index < -0.39 is 0 Å². The Labute approximate surface area is 135 Å². The van der Waals surface area contributed by atoms with Gasteiger partial charge in [-0.05, 0) is 44.7 Å². The van der Waals surface area contributed by atoms with Crippen molar-refractivity contribution in [1.29, 1.82) is 0 Å². The second-order valence-corrected chi connectivity index (χ2v) is 6.69. The van der Waals surface area contributed by atoms with Gasteiger partial charge < -0.3 is 10.6 Å². The Kier molecular flexibility index (Phi) is 5.74. The fraction of sp³-hybridized carbons (Fsp3) is 0.500. The molecule has 3 atom stereocenters. The lowest BCUT2D eigenvalue weighted by Crippen LogP contribution is -2.41. The van der Waals surface area contributed by atoms with Crippen LogP contribution in [0, 0.1) is 6.92 Å². The lowest BCUT2D eigenvalue weighted by molar-refractivity contribution is -0.121. The van der Waals surface area contributed by atoms with Crippen molar-refractivity contribution in [3.05, 3.63) is 40.3 Å². The van der Waals surface area contributed by atoms with E-state index in [1.165, 1.54) is 4.88 Å². The molecule has 0 radical (unpaired) electrons. The average Bonchev–Trinajstić information content (AvgIpc) is 3.15. The van der Waals surface area contributed by atoms with E-state index in [1.807, 2.05) is 48.4 Å². The molecule has 0 aliphatic carbocycles. The Morgan fingerprint density at radius 3 is 2.77 bits per heavy atom. The average molecular weight is 320 g/mol. The van der Waals surface area contributed by atoms with Gasteiger partial charge in [0.2, 0.25) is 5.91 Å². The summed E-state index contributed by atoms with van der Waals surface area (Å²) in [4.78, 5) is 13.2. The molecule has 0 bridgehead atoms. The van der Waals surface area contributed by atoms with Gasteiger partial charge in [0.15, 0.2) is 0 Å². The predicted octanol–water partition coefficient (Wildman–Crippen LogP) is 2.67. The third-order valence-corrected chi connectivity index (χ3v) is 4.86. The van der Waals surface area contributed by atoms with Crippen LogP contribution in [0.25, 0.3) is 0 Å². The minimum absolute atomic E-state index is 0.0107. The molecule has 0 saturated carbocycles. The Balaban J connectivity index is 1.78. The monoisotopic (exact) mass is 320 g/mol. The van der Waals surface area contributed by atoms with Gasteiger partial charge in [0.05, 0.1) is 24.8 Å². The Bertz CT molecular complexity index is 593. The van der Waals surface area contributed by atoms with Crippen LogP contribution in [0.3, 0.4) is 0 Å². The highest BCUT2D eigenvalue weighted by atomic mass is 32.1. The highest BCUT2D eigenvalue weighted by Gasteiger charge is 2.16. The molecule has 120 valence electrons. The first-order valence-corrected chi connectivity index (χ1v) is 8.42. The number of hydrogen-bond donors (Lipinski definition) is 2. The lowest BCUT2D eigenvalue weighted by Gasteiger charge is -2.22. The maximum atomic E-state index is 12.0. The van der Waals surface area contributed by atoms with E-state index in [2.05, 4.69) is 29.6 Å². The van der Waals surface area contributed by atoms with Gasteiger partial charge in [-0.1, -0.05) is 6.07 Å². The molecular weight excluding hydrogens is 296 g/mol. The molecule has 2 rings (SSSR count). The van der Waals surface area contributed by atoms with Crippen molar-refractivity contribution in [2.75, 3.05) is 6.54 Å². The number of aryl methyl sites for hydroxylation is 1. The maximum Gasteiger partial charge on any atom is 0.234 e. The van der Waals surface area contributed by atoms with Gasteiger partial charge >= 0.3 is 0 Å². The summed E-state index contributed by atoms with van der Waals surface area (Å²) in [5.41, 5.74) is 1.14. The van der Waals surface area contributed by atoms with Crippen LogP contribution >= 0.6 is 11.3 Å². The van der Waals surface area contributed by atoms with Crippen molar-refractivity contribution in [3.8, 4) is 0 Å². The molecule has 0 aromatic carbocycles. The molecule has 0 unspecified atom stereocenters. The third-order valence-electron chi connectivity index (χ3n) is 3.80. The highest BCUT2D eigenvalue weighted by molar-refractivity contribution is 7.10. The van der Waals surface area contributed by atoms with E-state index in [0.29, 0.717) is 6.54 Å². The number of thiophene rings is 1. The Morgan fingerprint density at radius 2 is 2.18 bits per heavy atom. The van der Waals surface area contributed by atoms with Gasteiger partial charge in [-0.3, -0.25) is 9.48 Å². The Hall–Kier alpha value is -1.66. The maximum absolute atomic E-state index is 12.0. The first-order valence-electron chi connectivity index (χ1n) is 7.54. The minimum Gasteiger partial charge on any atom is -0.348 e. The fourth-order valence-corrected chi connectivity index (χ4v) is 2.94. The SMILES string of the molecule is Cc1cnn([C@H](C)[C@H](C)NCC(=O)N[C@H](C)c2cccs2)c1. The number of rotatable bonds is 7. The molecule has 22 heavy (non-hydrogen) atoms. The van der Waals surface area contributed by atoms with E-state index in [9.17, 15) is 4.79 Å². The second-order valence-electron chi connectivity index (χ2n) is 5.71. The number of nitrogens with one attached hydrogen (secondary N) is 2. The van der Waals surface area contributed by atoms with Crippen molar-refractivity contribution < 1.29 is 4.79 Å². The summed E-state index contributed by atoms with van der Waals surface area (Å²) in [5.74, 6) is 0.0107. The van der Waals surface area contributed by atoms with Gasteiger partial charge in [0, 0.05) is 17.1 Å². The molecule has 0 aliphatic rings. The molecule has 2 aromatic heterocycles. The van der Waals surface area contributed by atoms with Gasteiger partial charge in [0.25, 0.3) is 0 Å². The molecule has 0 saturated heterocycles. The van der Waals surface area contributed by atoms with E-state index in [0.717, 1.165) is 5.56 Å². The summed E-state index contributed by atoms with van der Waals surface area (Å²) in [6, 6.07) is 4.43. The normalized spacial score (nSPS) is 15.3. The van der Waals surface area contributed by atoms with E-state index in [4.69, 9.17) is 0 Å². The second kappa shape index (κ2) is 7.56. The van der Waals surface area contributed by atoms with Crippen molar-refractivity contribution in [2.45, 2.75) is 45.8 Å². The smallest absolute Gasteiger partial charge is 0.234 e. The van der Waals surface area contributed by atoms with Crippen LogP contribution < -0.4 is 10.6 Å². The van der Waals surface area contributed by atoms with Crippen molar-refractivity contribution in [2.24, 2.45) is 0 Å². The molecular formula is C16H24N4OS. The quantitative estimate of drug-likeness (QED) is 0.824. The number of nitrogens with zero attached hydrogens (tertiary/aromatic N) is 2. The summed E-state index contributed by atoms with van der Waals surface area (Å²) in [6.07, 6.45) is 3.86. The first kappa shape index (κ1) is 16.7. The molecule has 2 heterocycles. The van der Waals surface area contributed by atoms with Crippen LogP contribution in [-0.2, 0) is 4.79 Å². The minimum atomic E-state index is 0.0107. The summed E-state index contributed by atoms with van der Waals surface area (Å²) in [5, 5.41) is 12.6. The van der Waals surface area contributed by atoms with Crippen molar-refractivity contribution in [3.63, 3.8) is 0 Å². The molecule has 0 aliphatic heterocycles. The zero-order valence-corrected chi connectivity index (χ0v) is 14.4. The molecule has 0 spiro atoms. The van der Waals surface area contributed by atoms with E-state index in [-0.39, 0.29) is 24.0 Å². The third kappa shape index (κ3) is 4.42. The zero-order valence-electron chi connectivity index (χ0n) is 13.5. The van der Waals surface area contributed by atoms with Crippen LogP contribution in [-0.4, -0.2) is 28.3 Å². The summed E-state index contributed by atoms with van der Waals surface area (Å²) < 4.78 is 1.93. The number of carbonyl (C=O) groups excluding carboxylic acids is 1. The standard InChI is InChI=1S/C16H24N4OS/c1-11-8-18-20(10-11)14(4)12(2)17-9-16(21)19-13(3)15-6-5-7-22-15/h5-8,10,12-14,17H,9H2,1-4H3,(H,19,21)/t12-,13+,14+/m0/s1. The number of hydrogen-bond acceptors (Lipinski definition) is 4. The lowest BCUT2D eigenvalue weighted by atomic mass is 10.1. The fourth-order valence-electron chi connectivity index (χ4n) is 2.21. The zero-order chi connectivity index (χ0) is 16.1. The first-order chi connectivity index (χ1) is 10.5. The largest absolute Gasteiger partial charge is 0.348 e. The number of amides is 1. The van der Waals surface area contributed by atoms with Crippen molar-refractivity contribution >= 4 is 17.2 Å². The van der Waals surface area contributed by atoms with Crippen LogP contribution in [0.4, 0.5) is 0 Å². The predicted molar refractivity (Wildman–Crippen MR) is 90.0 cm³/mol. The summed E-state index contributed by atoms with van der Waals surface area (Å²) in [6.45, 7) is 8.49. The van der Waals surface area contributed by atoms with Gasteiger partial charge in [0.1, 0.15) is 0 Å². The van der Waals surface area contributed by atoms with E-state index >= 15 is 0 Å². The molecule has 2 N–H and O–H groups in total. The van der Waals surface area contributed by atoms with Crippen LogP contribution in [0.5, 0.6) is 0 Å². The van der Waals surface area contributed by atoms with Gasteiger partial charge in [-0.25, -0.2) is 0 Å². The number of carbonyl (C=O) groups is 1. The Morgan fingerprint density at radius 1 is 1.41 bits per heavy atom. The number of aromatic nitrogens is 2. The van der Waals surface area contributed by atoms with Gasteiger partial charge in [-0.2, -0.15) is 5.10 Å². The topological polar surface area (TPSA) is 59.0 Å². The van der Waals surface area contributed by atoms with Crippen LogP contribution in [0.1, 0.15) is 43.3 Å². The summed E-state index contributed by atoms with van der Waals surface area (Å²) >= 11 is 1.66. The van der Waals surface area contributed by atoms with Crippen LogP contribution in [0.2, 0.25) is 0 Å².